The summed E-state index contributed by atoms with van der Waals surface area (Å²) in [5, 5.41) is 14.2. The normalized spacial score (nSPS) is 11.2. The second kappa shape index (κ2) is 7.90. The fourth-order valence-corrected chi connectivity index (χ4v) is 3.67. The minimum absolute atomic E-state index is 0.110. The van der Waals surface area contributed by atoms with Gasteiger partial charge < -0.3 is 14.8 Å². The molecule has 0 aliphatic heterocycles. The predicted molar refractivity (Wildman–Crippen MR) is 120 cm³/mol. The molecule has 33 heavy (non-hydrogen) atoms. The summed E-state index contributed by atoms with van der Waals surface area (Å²) in [4.78, 5) is 17.2. The van der Waals surface area contributed by atoms with Gasteiger partial charge in [-0.2, -0.15) is 10.2 Å². The number of pyridine rings is 2. The van der Waals surface area contributed by atoms with E-state index in [2.05, 4.69) is 25.6 Å². The Morgan fingerprint density at radius 3 is 2.67 bits per heavy atom. The number of hydrogen-bond donors (Lipinski definition) is 2. The quantitative estimate of drug-likeness (QED) is 0.423. The van der Waals surface area contributed by atoms with Gasteiger partial charge in [-0.15, -0.1) is 0 Å². The van der Waals surface area contributed by atoms with Crippen LogP contribution in [-0.4, -0.2) is 44.9 Å². The first-order chi connectivity index (χ1) is 16.0. The maximum Gasteiger partial charge on any atom is 0.257 e. The molecule has 0 aliphatic rings. The van der Waals surface area contributed by atoms with E-state index < -0.39 is 5.82 Å². The Bertz CT molecular complexity index is 1520. The van der Waals surface area contributed by atoms with Gasteiger partial charge in [-0.05, 0) is 42.8 Å². The maximum atomic E-state index is 15.2. The molecule has 1 aromatic carbocycles. The fourth-order valence-electron chi connectivity index (χ4n) is 3.67. The lowest BCUT2D eigenvalue weighted by atomic mass is 10.1. The minimum Gasteiger partial charge on any atom is -0.497 e. The van der Waals surface area contributed by atoms with Gasteiger partial charge in [0.05, 0.1) is 31.3 Å². The monoisotopic (exact) mass is 446 g/mol. The molecule has 0 unspecified atom stereocenters. The molecule has 10 heteroatoms. The Hall–Kier alpha value is -4.47. The van der Waals surface area contributed by atoms with Crippen LogP contribution < -0.4 is 14.8 Å². The number of fused-ring (bicyclic) bond motifs is 2. The van der Waals surface area contributed by atoms with E-state index in [9.17, 15) is 4.79 Å². The van der Waals surface area contributed by atoms with Crippen LogP contribution in [0.3, 0.4) is 0 Å². The smallest absolute Gasteiger partial charge is 0.257 e. The maximum absolute atomic E-state index is 15.2. The van der Waals surface area contributed by atoms with Crippen molar-refractivity contribution < 1.29 is 18.7 Å². The summed E-state index contributed by atoms with van der Waals surface area (Å²) < 4.78 is 27.2. The summed E-state index contributed by atoms with van der Waals surface area (Å²) >= 11 is 0. The van der Waals surface area contributed by atoms with Crippen molar-refractivity contribution in [3.63, 3.8) is 0 Å². The molecule has 166 valence electrons. The molecule has 4 aromatic heterocycles. The van der Waals surface area contributed by atoms with Crippen molar-refractivity contribution in [3.8, 4) is 22.8 Å². The predicted octanol–water partition coefficient (Wildman–Crippen LogP) is 3.99. The Morgan fingerprint density at radius 2 is 1.91 bits per heavy atom. The highest BCUT2D eigenvalue weighted by atomic mass is 19.1. The Balaban J connectivity index is 1.51. The number of rotatable bonds is 5. The number of H-pyrrole nitrogens is 1. The first kappa shape index (κ1) is 20.4. The number of aryl methyl sites for hydroxylation is 1. The van der Waals surface area contributed by atoms with E-state index >= 15 is 4.39 Å². The van der Waals surface area contributed by atoms with Crippen LogP contribution in [0, 0.1) is 12.7 Å². The summed E-state index contributed by atoms with van der Waals surface area (Å²) in [5.41, 5.74) is 2.78. The third-order valence-electron chi connectivity index (χ3n) is 5.40. The van der Waals surface area contributed by atoms with Gasteiger partial charge in [0.1, 0.15) is 17.2 Å². The summed E-state index contributed by atoms with van der Waals surface area (Å²) in [7, 11) is 3.12. The van der Waals surface area contributed by atoms with Crippen LogP contribution in [0.25, 0.3) is 27.8 Å². The minimum atomic E-state index is -0.572. The lowest BCUT2D eigenvalue weighted by Crippen LogP contribution is -2.14. The lowest BCUT2D eigenvalue weighted by Gasteiger charge is -2.08. The van der Waals surface area contributed by atoms with Crippen molar-refractivity contribution in [2.75, 3.05) is 19.5 Å². The van der Waals surface area contributed by atoms with Crippen molar-refractivity contribution in [2.45, 2.75) is 6.92 Å². The Labute approximate surface area is 187 Å². The molecule has 1 amide bonds. The molecule has 5 rings (SSSR count). The second-order valence-corrected chi connectivity index (χ2v) is 7.38. The number of carbonyl (C=O) groups excluding carboxylic acids is 1. The van der Waals surface area contributed by atoms with Crippen LogP contribution in [0.15, 0.2) is 48.8 Å². The molecule has 2 N–H and O–H groups in total. The van der Waals surface area contributed by atoms with Crippen molar-refractivity contribution in [2.24, 2.45) is 0 Å². The van der Waals surface area contributed by atoms with E-state index in [0.717, 1.165) is 5.56 Å². The van der Waals surface area contributed by atoms with Gasteiger partial charge >= 0.3 is 0 Å². The van der Waals surface area contributed by atoms with Crippen molar-refractivity contribution in [1.29, 1.82) is 0 Å². The Morgan fingerprint density at radius 1 is 1.12 bits per heavy atom. The number of aromatic nitrogens is 5. The molecule has 0 saturated heterocycles. The van der Waals surface area contributed by atoms with E-state index in [4.69, 9.17) is 9.47 Å². The number of halogens is 1. The van der Waals surface area contributed by atoms with Gasteiger partial charge in [0.25, 0.3) is 5.91 Å². The third-order valence-corrected chi connectivity index (χ3v) is 5.40. The number of anilines is 1. The van der Waals surface area contributed by atoms with Gasteiger partial charge in [0, 0.05) is 23.4 Å². The van der Waals surface area contributed by atoms with Gasteiger partial charge in [-0.1, -0.05) is 0 Å². The molecule has 9 nitrogen and oxygen atoms in total. The fraction of sp³-hybridized carbons (Fsp3) is 0.130. The highest BCUT2D eigenvalue weighted by Crippen LogP contribution is 2.31. The molecule has 4 heterocycles. The molecule has 0 fully saturated rings. The molecule has 0 saturated carbocycles. The zero-order valence-corrected chi connectivity index (χ0v) is 18.0. The first-order valence-electron chi connectivity index (χ1n) is 10.0. The summed E-state index contributed by atoms with van der Waals surface area (Å²) in [5.74, 6) is 0.509. The molecule has 0 bridgehead atoms. The van der Waals surface area contributed by atoms with E-state index in [1.54, 1.807) is 62.2 Å². The van der Waals surface area contributed by atoms with E-state index in [-0.39, 0.29) is 17.4 Å². The van der Waals surface area contributed by atoms with Crippen LogP contribution in [0.1, 0.15) is 15.9 Å². The molecule has 0 spiro atoms. The lowest BCUT2D eigenvalue weighted by molar-refractivity contribution is 0.102. The molecule has 0 atom stereocenters. The number of benzene rings is 1. The number of hydrogen-bond acceptors (Lipinski definition) is 6. The van der Waals surface area contributed by atoms with Crippen LogP contribution in [0.5, 0.6) is 11.5 Å². The highest BCUT2D eigenvalue weighted by Gasteiger charge is 2.19. The van der Waals surface area contributed by atoms with E-state index in [1.807, 2.05) is 0 Å². The Kier molecular flexibility index (Phi) is 4.89. The molecule has 0 radical (unpaired) electrons. The van der Waals surface area contributed by atoms with E-state index in [1.165, 1.54) is 12.3 Å². The van der Waals surface area contributed by atoms with Crippen molar-refractivity contribution >= 4 is 28.3 Å². The second-order valence-electron chi connectivity index (χ2n) is 7.38. The molecule has 5 aromatic rings. The number of amides is 1. The van der Waals surface area contributed by atoms with E-state index in [0.29, 0.717) is 39.2 Å². The SMILES string of the molecule is COc1ccc(C(=O)Nc2n[nH]c3nc(-c4cnn5ccc(OC)cc45)c(F)cc23)c(C)c1. The highest BCUT2D eigenvalue weighted by molar-refractivity contribution is 6.08. The summed E-state index contributed by atoms with van der Waals surface area (Å²) in [6, 6.07) is 9.92. The summed E-state index contributed by atoms with van der Waals surface area (Å²) in [6.45, 7) is 1.80. The number of methoxy groups -OCH3 is 2. The largest absolute Gasteiger partial charge is 0.497 e. The first-order valence-corrected chi connectivity index (χ1v) is 10.0. The van der Waals surface area contributed by atoms with Gasteiger partial charge in [-0.25, -0.2) is 13.9 Å². The summed E-state index contributed by atoms with van der Waals surface area (Å²) in [6.07, 6.45) is 3.26. The zero-order chi connectivity index (χ0) is 23.1. The molecular formula is C23H19FN6O3. The van der Waals surface area contributed by atoms with Crippen LogP contribution in [-0.2, 0) is 0 Å². The van der Waals surface area contributed by atoms with Gasteiger partial charge in [0.15, 0.2) is 17.3 Å². The molecule has 0 aliphatic carbocycles. The van der Waals surface area contributed by atoms with Crippen molar-refractivity contribution in [1.82, 2.24) is 24.8 Å². The van der Waals surface area contributed by atoms with Crippen LogP contribution >= 0.6 is 0 Å². The van der Waals surface area contributed by atoms with Gasteiger partial charge in [0.2, 0.25) is 0 Å². The average Bonchev–Trinajstić information content (AvgIpc) is 3.41. The molecular weight excluding hydrogens is 427 g/mol. The topological polar surface area (TPSA) is 106 Å². The average molecular weight is 446 g/mol. The van der Waals surface area contributed by atoms with Gasteiger partial charge in [-0.3, -0.25) is 9.89 Å². The number of nitrogens with one attached hydrogen (secondary N) is 2. The zero-order valence-electron chi connectivity index (χ0n) is 18.0. The number of aromatic amines is 1. The number of carbonyl (C=O) groups is 1. The number of ether oxygens (including phenoxy) is 2. The number of nitrogens with zero attached hydrogens (tertiary/aromatic N) is 4. The van der Waals surface area contributed by atoms with Crippen LogP contribution in [0.2, 0.25) is 0 Å². The van der Waals surface area contributed by atoms with Crippen LogP contribution in [0.4, 0.5) is 10.2 Å². The van der Waals surface area contributed by atoms with Crippen molar-refractivity contribution in [3.05, 3.63) is 65.7 Å². The third kappa shape index (κ3) is 3.51. The standard InChI is InChI=1S/C23H19FN6O3/c1-12-8-13(32-2)4-5-15(12)23(31)27-22-16-10-18(24)20(26-21(16)28-29-22)17-11-25-30-7-6-14(33-3)9-19(17)30/h4-11H,1-3H3,(H2,26,27,28,29,31).